The van der Waals surface area contributed by atoms with E-state index in [0.29, 0.717) is 0 Å². The lowest BCUT2D eigenvalue weighted by atomic mass is 10.1. The van der Waals surface area contributed by atoms with Gasteiger partial charge in [-0.25, -0.2) is 0 Å². The molecular weight excluding hydrogens is 338 g/mol. The van der Waals surface area contributed by atoms with Crippen LogP contribution in [0.15, 0.2) is 34.8 Å². The van der Waals surface area contributed by atoms with E-state index in [0.717, 1.165) is 37.7 Å². The summed E-state index contributed by atoms with van der Waals surface area (Å²) >= 11 is 9.68. The predicted molar refractivity (Wildman–Crippen MR) is 87.7 cm³/mol. The third-order valence-corrected chi connectivity index (χ3v) is 4.39. The maximum Gasteiger partial charge on any atom is 0.128 e. The van der Waals surface area contributed by atoms with E-state index in [-0.39, 0.29) is 6.04 Å². The quantitative estimate of drug-likeness (QED) is 0.786. The lowest BCUT2D eigenvalue weighted by Crippen LogP contribution is -2.05. The van der Waals surface area contributed by atoms with Crippen LogP contribution in [0.5, 0.6) is 11.5 Å². The highest BCUT2D eigenvalue weighted by molar-refractivity contribution is 9.10. The van der Waals surface area contributed by atoms with E-state index in [2.05, 4.69) is 15.9 Å². The summed E-state index contributed by atoms with van der Waals surface area (Å²) in [5.74, 6) is 1.55. The minimum Gasteiger partial charge on any atom is -0.457 e. The molecule has 0 aliphatic heterocycles. The predicted octanol–water partition coefficient (Wildman–Crippen LogP) is 5.53. The average Bonchev–Trinajstić information content (AvgIpc) is 2.35. The van der Waals surface area contributed by atoms with Gasteiger partial charge in [0.2, 0.25) is 0 Å². The van der Waals surface area contributed by atoms with Crippen LogP contribution in [0.25, 0.3) is 0 Å². The van der Waals surface area contributed by atoms with E-state index in [9.17, 15) is 0 Å². The van der Waals surface area contributed by atoms with Crippen LogP contribution in [0.3, 0.4) is 0 Å². The SMILES string of the molecule is Cc1cc(Oc2ccc([C@@H](C)N)c(Br)c2)cc(C)c1Cl. The zero-order valence-corrected chi connectivity index (χ0v) is 14.0. The standard InChI is InChI=1S/C16H17BrClNO/c1-9-6-13(7-10(2)16(9)18)20-12-4-5-14(11(3)19)15(17)8-12/h4-8,11H,19H2,1-3H3/t11-/m1/s1. The van der Waals surface area contributed by atoms with Gasteiger partial charge in [-0.15, -0.1) is 0 Å². The molecule has 0 spiro atoms. The average molecular weight is 355 g/mol. The summed E-state index contributed by atoms with van der Waals surface area (Å²) in [4.78, 5) is 0. The van der Waals surface area contributed by atoms with E-state index in [1.807, 2.05) is 51.1 Å². The molecule has 0 aliphatic carbocycles. The second-order valence-electron chi connectivity index (χ2n) is 4.95. The molecule has 2 nitrogen and oxygen atoms in total. The molecule has 20 heavy (non-hydrogen) atoms. The highest BCUT2D eigenvalue weighted by Crippen LogP contribution is 2.32. The second-order valence-corrected chi connectivity index (χ2v) is 6.18. The lowest BCUT2D eigenvalue weighted by Gasteiger charge is -2.12. The van der Waals surface area contributed by atoms with Gasteiger partial charge in [0.05, 0.1) is 0 Å². The summed E-state index contributed by atoms with van der Waals surface area (Å²) in [6.07, 6.45) is 0. The summed E-state index contributed by atoms with van der Waals surface area (Å²) in [6, 6.07) is 9.67. The van der Waals surface area contributed by atoms with Crippen LogP contribution in [0.4, 0.5) is 0 Å². The van der Waals surface area contributed by atoms with Gasteiger partial charge in [-0.1, -0.05) is 33.6 Å². The van der Waals surface area contributed by atoms with Crippen LogP contribution in [0, 0.1) is 13.8 Å². The van der Waals surface area contributed by atoms with Crippen molar-refractivity contribution in [2.24, 2.45) is 5.73 Å². The van der Waals surface area contributed by atoms with Crippen molar-refractivity contribution in [1.29, 1.82) is 0 Å². The van der Waals surface area contributed by atoms with Gasteiger partial charge in [0, 0.05) is 15.5 Å². The number of hydrogen-bond donors (Lipinski definition) is 1. The topological polar surface area (TPSA) is 35.2 Å². The summed E-state index contributed by atoms with van der Waals surface area (Å²) in [5.41, 5.74) is 8.96. The van der Waals surface area contributed by atoms with Crippen molar-refractivity contribution in [2.75, 3.05) is 0 Å². The number of rotatable bonds is 3. The zero-order chi connectivity index (χ0) is 14.9. The Morgan fingerprint density at radius 1 is 1.10 bits per heavy atom. The Kier molecular flexibility index (Phi) is 4.74. The Morgan fingerprint density at radius 3 is 2.20 bits per heavy atom. The van der Waals surface area contributed by atoms with Crippen molar-refractivity contribution < 1.29 is 4.74 Å². The summed E-state index contributed by atoms with van der Waals surface area (Å²) in [7, 11) is 0. The number of halogens is 2. The first kappa shape index (κ1) is 15.4. The fourth-order valence-corrected chi connectivity index (χ4v) is 2.87. The fourth-order valence-electron chi connectivity index (χ4n) is 2.04. The van der Waals surface area contributed by atoms with E-state index in [1.54, 1.807) is 0 Å². The number of hydrogen-bond acceptors (Lipinski definition) is 2. The van der Waals surface area contributed by atoms with E-state index in [4.69, 9.17) is 22.1 Å². The van der Waals surface area contributed by atoms with Crippen LogP contribution in [-0.2, 0) is 0 Å². The molecule has 0 amide bonds. The van der Waals surface area contributed by atoms with Gasteiger partial charge in [-0.05, 0) is 61.7 Å². The van der Waals surface area contributed by atoms with Crippen molar-refractivity contribution in [1.82, 2.24) is 0 Å². The number of nitrogens with two attached hydrogens (primary N) is 1. The molecule has 2 rings (SSSR count). The highest BCUT2D eigenvalue weighted by atomic mass is 79.9. The van der Waals surface area contributed by atoms with Crippen LogP contribution in [0.2, 0.25) is 5.02 Å². The highest BCUT2D eigenvalue weighted by Gasteiger charge is 2.08. The van der Waals surface area contributed by atoms with E-state index in [1.165, 1.54) is 0 Å². The Labute approximate surface area is 133 Å². The first-order valence-corrected chi connectivity index (χ1v) is 7.55. The maximum absolute atomic E-state index is 6.16. The number of aryl methyl sites for hydroxylation is 2. The van der Waals surface area contributed by atoms with Gasteiger partial charge >= 0.3 is 0 Å². The van der Waals surface area contributed by atoms with Gasteiger partial charge in [0.25, 0.3) is 0 Å². The largest absolute Gasteiger partial charge is 0.457 e. The number of benzene rings is 2. The maximum atomic E-state index is 6.16. The molecule has 1 atom stereocenters. The van der Waals surface area contributed by atoms with Crippen molar-refractivity contribution >= 4 is 27.5 Å². The van der Waals surface area contributed by atoms with Crippen LogP contribution < -0.4 is 10.5 Å². The van der Waals surface area contributed by atoms with E-state index < -0.39 is 0 Å². The van der Waals surface area contributed by atoms with Gasteiger partial charge in [-0.3, -0.25) is 0 Å². The van der Waals surface area contributed by atoms with Gasteiger partial charge in [0.15, 0.2) is 0 Å². The lowest BCUT2D eigenvalue weighted by molar-refractivity contribution is 0.481. The summed E-state index contributed by atoms with van der Waals surface area (Å²) < 4.78 is 6.83. The van der Waals surface area contributed by atoms with Crippen molar-refractivity contribution in [3.63, 3.8) is 0 Å². The fraction of sp³-hybridized carbons (Fsp3) is 0.250. The molecule has 0 saturated heterocycles. The van der Waals surface area contributed by atoms with Crippen LogP contribution in [0.1, 0.15) is 29.7 Å². The summed E-state index contributed by atoms with van der Waals surface area (Å²) in [6.45, 7) is 5.89. The molecule has 0 unspecified atom stereocenters. The molecule has 0 aliphatic rings. The molecular formula is C16H17BrClNO. The smallest absolute Gasteiger partial charge is 0.128 e. The van der Waals surface area contributed by atoms with Crippen molar-refractivity contribution in [2.45, 2.75) is 26.8 Å². The first-order chi connectivity index (χ1) is 9.38. The van der Waals surface area contributed by atoms with Crippen molar-refractivity contribution in [3.05, 3.63) is 56.5 Å². The Morgan fingerprint density at radius 2 is 1.70 bits per heavy atom. The zero-order valence-electron chi connectivity index (χ0n) is 11.7. The summed E-state index contributed by atoms with van der Waals surface area (Å²) in [5, 5.41) is 0.783. The van der Waals surface area contributed by atoms with Gasteiger partial charge in [0.1, 0.15) is 11.5 Å². The molecule has 2 N–H and O–H groups in total. The third-order valence-electron chi connectivity index (χ3n) is 3.11. The minimum absolute atomic E-state index is 0.0153. The molecule has 0 bridgehead atoms. The van der Waals surface area contributed by atoms with E-state index >= 15 is 0 Å². The normalized spacial score (nSPS) is 12.3. The Balaban J connectivity index is 2.29. The Bertz CT molecular complexity index is 617. The van der Waals surface area contributed by atoms with Gasteiger partial charge < -0.3 is 10.5 Å². The van der Waals surface area contributed by atoms with Crippen LogP contribution >= 0.6 is 27.5 Å². The molecule has 106 valence electrons. The first-order valence-electron chi connectivity index (χ1n) is 6.38. The number of ether oxygens (including phenoxy) is 1. The molecule has 0 saturated carbocycles. The molecule has 0 heterocycles. The molecule has 0 radical (unpaired) electrons. The monoisotopic (exact) mass is 353 g/mol. The van der Waals surface area contributed by atoms with Gasteiger partial charge in [-0.2, -0.15) is 0 Å². The minimum atomic E-state index is -0.0153. The van der Waals surface area contributed by atoms with Crippen molar-refractivity contribution in [3.8, 4) is 11.5 Å². The third kappa shape index (κ3) is 3.35. The molecule has 4 heteroatoms. The molecule has 2 aromatic rings. The van der Waals surface area contributed by atoms with Crippen LogP contribution in [-0.4, -0.2) is 0 Å². The Hall–Kier alpha value is -1.03. The molecule has 0 fully saturated rings. The second kappa shape index (κ2) is 6.17. The molecule has 0 aromatic heterocycles. The molecule has 2 aromatic carbocycles.